The predicted molar refractivity (Wildman–Crippen MR) is 77.2 cm³/mol. The fourth-order valence-electron chi connectivity index (χ4n) is 2.29. The number of hydrogen-bond donors (Lipinski definition) is 1. The minimum atomic E-state index is 0.779. The number of nitrogens with one attached hydrogen (secondary N) is 1. The van der Waals surface area contributed by atoms with Crippen LogP contribution in [0, 0.1) is 0 Å². The molecule has 0 amide bonds. The highest BCUT2D eigenvalue weighted by molar-refractivity contribution is 5.87. The second-order valence-electron chi connectivity index (χ2n) is 4.47. The lowest BCUT2D eigenvalue weighted by Crippen LogP contribution is -2.03. The van der Waals surface area contributed by atoms with Gasteiger partial charge in [-0.2, -0.15) is 0 Å². The molecule has 1 N–H and O–H groups in total. The van der Waals surface area contributed by atoms with Gasteiger partial charge in [0.15, 0.2) is 0 Å². The van der Waals surface area contributed by atoms with Gasteiger partial charge < -0.3 is 9.73 Å². The second kappa shape index (κ2) is 5.14. The lowest BCUT2D eigenvalue weighted by atomic mass is 10.1. The lowest BCUT2D eigenvalue weighted by molar-refractivity contribution is 0.615. The number of nitrogens with zero attached hydrogens (tertiary/aromatic N) is 1. The van der Waals surface area contributed by atoms with E-state index in [1.165, 1.54) is 11.1 Å². The van der Waals surface area contributed by atoms with E-state index >= 15 is 0 Å². The monoisotopic (exact) mass is 252 g/mol. The molecule has 96 valence electrons. The summed E-state index contributed by atoms with van der Waals surface area (Å²) in [6.07, 6.45) is 4.50. The van der Waals surface area contributed by atoms with E-state index in [2.05, 4.69) is 41.5 Å². The fourth-order valence-corrected chi connectivity index (χ4v) is 2.29. The molecule has 19 heavy (non-hydrogen) atoms. The molecule has 0 aliphatic rings. The van der Waals surface area contributed by atoms with Gasteiger partial charge in [-0.25, -0.2) is 4.98 Å². The van der Waals surface area contributed by atoms with Crippen LogP contribution >= 0.6 is 0 Å². The van der Waals surface area contributed by atoms with Gasteiger partial charge in [0.25, 0.3) is 0 Å². The van der Waals surface area contributed by atoms with Crippen LogP contribution in [0.5, 0.6) is 0 Å². The Morgan fingerprint density at radius 1 is 1.11 bits per heavy atom. The Balaban J connectivity index is 1.84. The molecule has 1 aromatic carbocycles. The number of aromatic nitrogens is 1. The van der Waals surface area contributed by atoms with E-state index in [0.717, 1.165) is 29.8 Å². The lowest BCUT2D eigenvalue weighted by Gasteiger charge is -2.10. The average Bonchev–Trinajstić information content (AvgIpc) is 2.94. The summed E-state index contributed by atoms with van der Waals surface area (Å²) >= 11 is 0. The maximum absolute atomic E-state index is 5.38. The van der Waals surface area contributed by atoms with Crippen molar-refractivity contribution in [3.63, 3.8) is 0 Å². The van der Waals surface area contributed by atoms with Crippen molar-refractivity contribution in [2.75, 3.05) is 5.32 Å². The van der Waals surface area contributed by atoms with Crippen molar-refractivity contribution in [1.82, 2.24) is 4.98 Å². The fraction of sp³-hybridized carbons (Fsp3) is 0.188. The summed E-state index contributed by atoms with van der Waals surface area (Å²) in [6, 6.07) is 12.3. The number of furan rings is 1. The number of benzene rings is 1. The Bertz CT molecular complexity index is 688. The normalized spacial score (nSPS) is 10.8. The smallest absolute Gasteiger partial charge is 0.139 e. The highest BCUT2D eigenvalue weighted by Gasteiger charge is 2.05. The quantitative estimate of drug-likeness (QED) is 0.762. The zero-order valence-electron chi connectivity index (χ0n) is 10.9. The van der Waals surface area contributed by atoms with Gasteiger partial charge in [0.05, 0.1) is 11.6 Å². The van der Waals surface area contributed by atoms with Crippen LogP contribution < -0.4 is 5.32 Å². The zero-order valence-corrected chi connectivity index (χ0v) is 10.9. The number of hydrogen-bond acceptors (Lipinski definition) is 3. The van der Waals surface area contributed by atoms with E-state index in [-0.39, 0.29) is 0 Å². The molecule has 3 heteroatoms. The first-order valence-electron chi connectivity index (χ1n) is 6.51. The summed E-state index contributed by atoms with van der Waals surface area (Å²) < 4.78 is 5.38. The van der Waals surface area contributed by atoms with Crippen LogP contribution in [-0.2, 0) is 13.0 Å². The molecule has 0 radical (unpaired) electrons. The van der Waals surface area contributed by atoms with Crippen LogP contribution in [0.25, 0.3) is 11.0 Å². The van der Waals surface area contributed by atoms with Gasteiger partial charge in [-0.05, 0) is 29.7 Å². The molecule has 2 aromatic heterocycles. The topological polar surface area (TPSA) is 38.1 Å². The number of fused-ring (bicyclic) bond motifs is 1. The van der Waals surface area contributed by atoms with Crippen LogP contribution in [-0.4, -0.2) is 4.98 Å². The van der Waals surface area contributed by atoms with Crippen LogP contribution in [0.1, 0.15) is 18.1 Å². The Labute approximate surface area is 112 Å². The van der Waals surface area contributed by atoms with E-state index in [9.17, 15) is 0 Å². The van der Waals surface area contributed by atoms with Crippen molar-refractivity contribution in [2.45, 2.75) is 19.9 Å². The summed E-state index contributed by atoms with van der Waals surface area (Å²) in [5, 5.41) is 4.42. The zero-order chi connectivity index (χ0) is 13.1. The number of aryl methyl sites for hydroxylation is 1. The number of anilines is 1. The molecule has 0 spiro atoms. The summed E-state index contributed by atoms with van der Waals surface area (Å²) in [6.45, 7) is 2.95. The first-order chi connectivity index (χ1) is 9.38. The molecule has 0 atom stereocenters. The molecule has 0 saturated heterocycles. The first kappa shape index (κ1) is 11.8. The molecule has 0 bridgehead atoms. The molecule has 0 fully saturated rings. The van der Waals surface area contributed by atoms with Crippen molar-refractivity contribution in [1.29, 1.82) is 0 Å². The molecule has 2 heterocycles. The standard InChI is InChI=1S/C16H16N2O/c1-2-12-5-3-4-6-13(12)11-18-16-14-8-10-19-15(14)7-9-17-16/h3-10H,2,11H2,1H3,(H,17,18). The largest absolute Gasteiger partial charge is 0.464 e. The SMILES string of the molecule is CCc1ccccc1CNc1nccc2occc12. The average molecular weight is 252 g/mol. The minimum absolute atomic E-state index is 0.779. The van der Waals surface area contributed by atoms with Gasteiger partial charge in [-0.1, -0.05) is 31.2 Å². The van der Waals surface area contributed by atoms with Crippen molar-refractivity contribution in [3.8, 4) is 0 Å². The van der Waals surface area contributed by atoms with Gasteiger partial charge in [-0.3, -0.25) is 0 Å². The maximum Gasteiger partial charge on any atom is 0.139 e. The Kier molecular flexibility index (Phi) is 3.19. The van der Waals surface area contributed by atoms with Crippen molar-refractivity contribution >= 4 is 16.8 Å². The van der Waals surface area contributed by atoms with E-state index in [0.29, 0.717) is 0 Å². The summed E-state index contributed by atoms with van der Waals surface area (Å²) in [5.41, 5.74) is 3.54. The molecule has 0 saturated carbocycles. The summed E-state index contributed by atoms with van der Waals surface area (Å²) in [4.78, 5) is 4.38. The molecular weight excluding hydrogens is 236 g/mol. The first-order valence-corrected chi connectivity index (χ1v) is 6.51. The third-order valence-electron chi connectivity index (χ3n) is 3.33. The van der Waals surface area contributed by atoms with E-state index in [1.807, 2.05) is 12.1 Å². The van der Waals surface area contributed by atoms with E-state index < -0.39 is 0 Å². The Morgan fingerprint density at radius 3 is 2.79 bits per heavy atom. The van der Waals surface area contributed by atoms with Gasteiger partial charge >= 0.3 is 0 Å². The van der Waals surface area contributed by atoms with Gasteiger partial charge in [-0.15, -0.1) is 0 Å². The Morgan fingerprint density at radius 2 is 1.95 bits per heavy atom. The molecule has 0 unspecified atom stereocenters. The van der Waals surface area contributed by atoms with Crippen molar-refractivity contribution in [2.24, 2.45) is 0 Å². The second-order valence-corrected chi connectivity index (χ2v) is 4.47. The number of pyridine rings is 1. The van der Waals surface area contributed by atoms with E-state index in [4.69, 9.17) is 4.42 Å². The van der Waals surface area contributed by atoms with Gasteiger partial charge in [0.1, 0.15) is 11.4 Å². The van der Waals surface area contributed by atoms with Crippen molar-refractivity contribution < 1.29 is 4.42 Å². The van der Waals surface area contributed by atoms with Crippen LogP contribution in [0.3, 0.4) is 0 Å². The summed E-state index contributed by atoms with van der Waals surface area (Å²) in [7, 11) is 0. The molecule has 3 nitrogen and oxygen atoms in total. The summed E-state index contributed by atoms with van der Waals surface area (Å²) in [5.74, 6) is 0.872. The van der Waals surface area contributed by atoms with Crippen molar-refractivity contribution in [3.05, 3.63) is 60.0 Å². The molecule has 0 aliphatic carbocycles. The maximum atomic E-state index is 5.38. The molecule has 3 aromatic rings. The highest BCUT2D eigenvalue weighted by atomic mass is 16.3. The van der Waals surface area contributed by atoms with Crippen LogP contribution in [0.15, 0.2) is 53.3 Å². The minimum Gasteiger partial charge on any atom is -0.464 e. The van der Waals surface area contributed by atoms with E-state index in [1.54, 1.807) is 12.5 Å². The van der Waals surface area contributed by atoms with Crippen LogP contribution in [0.4, 0.5) is 5.82 Å². The molecule has 0 aliphatic heterocycles. The van der Waals surface area contributed by atoms with Crippen LogP contribution in [0.2, 0.25) is 0 Å². The Hall–Kier alpha value is -2.29. The third kappa shape index (κ3) is 2.32. The highest BCUT2D eigenvalue weighted by Crippen LogP contribution is 2.22. The molecule has 3 rings (SSSR count). The third-order valence-corrected chi connectivity index (χ3v) is 3.33. The molecular formula is C16H16N2O. The predicted octanol–water partition coefficient (Wildman–Crippen LogP) is 4.00. The number of rotatable bonds is 4. The van der Waals surface area contributed by atoms with Gasteiger partial charge in [0.2, 0.25) is 0 Å². The van der Waals surface area contributed by atoms with Gasteiger partial charge in [0, 0.05) is 12.7 Å².